The van der Waals surface area contributed by atoms with Crippen LogP contribution in [0.2, 0.25) is 5.02 Å². The predicted octanol–water partition coefficient (Wildman–Crippen LogP) is 6.35. The van der Waals surface area contributed by atoms with Crippen LogP contribution in [0.1, 0.15) is 18.1 Å². The SMILES string of the molecule is CCOc1cc(/C=C2\SC(=O)N(Cc3ccc(Cl)cc3)C2=O)cc(I)c1OS(=O)(=O)c1ccccc1. The van der Waals surface area contributed by atoms with Crippen LogP contribution in [0, 0.1) is 3.57 Å². The Morgan fingerprint density at radius 3 is 2.42 bits per heavy atom. The maximum absolute atomic E-state index is 13.0. The molecular formula is C25H19ClINO6S2. The summed E-state index contributed by atoms with van der Waals surface area (Å²) < 4.78 is 37.1. The monoisotopic (exact) mass is 655 g/mol. The van der Waals surface area contributed by atoms with Gasteiger partial charge in [0.2, 0.25) is 0 Å². The number of hydrogen-bond acceptors (Lipinski definition) is 7. The normalized spacial score (nSPS) is 15.0. The number of hydrogen-bond donors (Lipinski definition) is 0. The van der Waals surface area contributed by atoms with E-state index in [1.54, 1.807) is 67.6 Å². The van der Waals surface area contributed by atoms with Crippen molar-refractivity contribution in [1.82, 2.24) is 4.90 Å². The molecule has 1 aliphatic heterocycles. The Morgan fingerprint density at radius 2 is 1.75 bits per heavy atom. The minimum Gasteiger partial charge on any atom is -0.490 e. The molecule has 2 amide bonds. The number of ether oxygens (including phenoxy) is 1. The van der Waals surface area contributed by atoms with Gasteiger partial charge in [-0.2, -0.15) is 8.42 Å². The van der Waals surface area contributed by atoms with Gasteiger partial charge in [0.1, 0.15) is 4.90 Å². The van der Waals surface area contributed by atoms with Gasteiger partial charge >= 0.3 is 10.1 Å². The van der Waals surface area contributed by atoms with Crippen LogP contribution >= 0.6 is 46.0 Å². The molecule has 11 heteroatoms. The van der Waals surface area contributed by atoms with E-state index in [9.17, 15) is 18.0 Å². The summed E-state index contributed by atoms with van der Waals surface area (Å²) in [6, 6.07) is 18.0. The summed E-state index contributed by atoms with van der Waals surface area (Å²) in [7, 11) is -4.09. The number of amides is 2. The lowest BCUT2D eigenvalue weighted by molar-refractivity contribution is -0.123. The van der Waals surface area contributed by atoms with E-state index in [1.165, 1.54) is 12.1 Å². The second-order valence-corrected chi connectivity index (χ2v) is 11.6. The fourth-order valence-corrected chi connectivity index (χ4v) is 6.15. The van der Waals surface area contributed by atoms with Gasteiger partial charge in [-0.15, -0.1) is 0 Å². The number of imide groups is 1. The van der Waals surface area contributed by atoms with Gasteiger partial charge < -0.3 is 8.92 Å². The minimum atomic E-state index is -4.09. The van der Waals surface area contributed by atoms with Gasteiger partial charge in [0.05, 0.1) is 21.6 Å². The van der Waals surface area contributed by atoms with Crippen LogP contribution in [0.25, 0.3) is 6.08 Å². The molecule has 0 radical (unpaired) electrons. The molecule has 0 aromatic heterocycles. The first-order valence-corrected chi connectivity index (χ1v) is 14.3. The molecule has 0 unspecified atom stereocenters. The lowest BCUT2D eigenvalue weighted by Gasteiger charge is -2.15. The van der Waals surface area contributed by atoms with Gasteiger partial charge in [-0.1, -0.05) is 41.9 Å². The molecule has 1 heterocycles. The van der Waals surface area contributed by atoms with Crippen molar-refractivity contribution in [2.24, 2.45) is 0 Å². The summed E-state index contributed by atoms with van der Waals surface area (Å²) in [5.41, 5.74) is 1.33. The molecule has 1 saturated heterocycles. The highest BCUT2D eigenvalue weighted by Gasteiger charge is 2.35. The highest BCUT2D eigenvalue weighted by Crippen LogP contribution is 2.39. The van der Waals surface area contributed by atoms with Crippen LogP contribution in [0.3, 0.4) is 0 Å². The minimum absolute atomic E-state index is 0.0155. The van der Waals surface area contributed by atoms with Crippen LogP contribution in [0.15, 0.2) is 76.5 Å². The van der Waals surface area contributed by atoms with Gasteiger partial charge in [0.25, 0.3) is 11.1 Å². The van der Waals surface area contributed by atoms with E-state index in [1.807, 2.05) is 22.6 Å². The van der Waals surface area contributed by atoms with E-state index in [-0.39, 0.29) is 39.7 Å². The molecular weight excluding hydrogens is 637 g/mol. The first-order valence-electron chi connectivity index (χ1n) is 10.6. The quantitative estimate of drug-likeness (QED) is 0.159. The van der Waals surface area contributed by atoms with Crippen molar-refractivity contribution in [3.63, 3.8) is 0 Å². The average Bonchev–Trinajstić information content (AvgIpc) is 3.10. The molecule has 3 aromatic carbocycles. The van der Waals surface area contributed by atoms with E-state index in [0.29, 0.717) is 14.2 Å². The van der Waals surface area contributed by atoms with Gasteiger partial charge in [0.15, 0.2) is 11.5 Å². The number of nitrogens with zero attached hydrogens (tertiary/aromatic N) is 1. The van der Waals surface area contributed by atoms with Gasteiger partial charge in [0, 0.05) is 5.02 Å². The third kappa shape index (κ3) is 6.05. The van der Waals surface area contributed by atoms with Crippen LogP contribution in [0.4, 0.5) is 4.79 Å². The average molecular weight is 656 g/mol. The van der Waals surface area contributed by atoms with E-state index in [2.05, 4.69) is 0 Å². The molecule has 0 aliphatic carbocycles. The van der Waals surface area contributed by atoms with Crippen LogP contribution in [-0.2, 0) is 21.5 Å². The summed E-state index contributed by atoms with van der Waals surface area (Å²) >= 11 is 8.70. The molecule has 0 saturated carbocycles. The molecule has 0 bridgehead atoms. The topological polar surface area (TPSA) is 90.0 Å². The molecule has 4 rings (SSSR count). The van der Waals surface area contributed by atoms with Crippen LogP contribution in [0.5, 0.6) is 11.5 Å². The molecule has 0 atom stereocenters. The van der Waals surface area contributed by atoms with E-state index in [4.69, 9.17) is 20.5 Å². The van der Waals surface area contributed by atoms with Crippen molar-refractivity contribution >= 4 is 73.3 Å². The summed E-state index contributed by atoms with van der Waals surface area (Å²) in [6.07, 6.45) is 1.58. The molecule has 7 nitrogen and oxygen atoms in total. The first kappa shape index (κ1) is 26.5. The highest BCUT2D eigenvalue weighted by molar-refractivity contribution is 14.1. The summed E-state index contributed by atoms with van der Waals surface area (Å²) in [4.78, 5) is 26.9. The Morgan fingerprint density at radius 1 is 1.06 bits per heavy atom. The van der Waals surface area contributed by atoms with Gasteiger partial charge in [-0.05, 0) is 94.9 Å². The maximum Gasteiger partial charge on any atom is 0.339 e. The molecule has 186 valence electrons. The van der Waals surface area contributed by atoms with Crippen molar-refractivity contribution in [1.29, 1.82) is 0 Å². The van der Waals surface area contributed by atoms with E-state index < -0.39 is 16.0 Å². The molecule has 3 aromatic rings. The number of thioether (sulfide) groups is 1. The van der Waals surface area contributed by atoms with Crippen LogP contribution < -0.4 is 8.92 Å². The number of carbonyl (C=O) groups excluding carboxylic acids is 2. The number of carbonyl (C=O) groups is 2. The van der Waals surface area contributed by atoms with Gasteiger partial charge in [-0.3, -0.25) is 14.5 Å². The third-order valence-corrected chi connectivity index (χ3v) is 8.18. The fraction of sp³-hybridized carbons (Fsp3) is 0.120. The second-order valence-electron chi connectivity index (χ2n) is 7.51. The van der Waals surface area contributed by atoms with Crippen LogP contribution in [-0.4, -0.2) is 31.1 Å². The Balaban J connectivity index is 1.61. The van der Waals surface area contributed by atoms with Crippen molar-refractivity contribution in [2.45, 2.75) is 18.4 Å². The second kappa shape index (κ2) is 11.2. The lowest BCUT2D eigenvalue weighted by atomic mass is 10.1. The Labute approximate surface area is 231 Å². The number of rotatable bonds is 8. The standard InChI is InChI=1S/C25H19ClINO6S2/c1-2-33-21-13-17(12-20(27)23(21)34-36(31,32)19-6-4-3-5-7-19)14-22-24(29)28(25(30)35-22)15-16-8-10-18(26)11-9-16/h3-14H,2,15H2,1H3/b22-14-. The van der Waals surface area contributed by atoms with E-state index in [0.717, 1.165) is 22.2 Å². The Hall–Kier alpha value is -2.54. The molecule has 0 spiro atoms. The molecule has 36 heavy (non-hydrogen) atoms. The lowest BCUT2D eigenvalue weighted by Crippen LogP contribution is -2.27. The van der Waals surface area contributed by atoms with Crippen molar-refractivity contribution in [3.05, 3.63) is 91.4 Å². The van der Waals surface area contributed by atoms with Gasteiger partial charge in [-0.25, -0.2) is 0 Å². The molecule has 1 fully saturated rings. The fourth-order valence-electron chi connectivity index (χ4n) is 3.32. The number of benzene rings is 3. The largest absolute Gasteiger partial charge is 0.490 e. The summed E-state index contributed by atoms with van der Waals surface area (Å²) in [6.45, 7) is 2.15. The Bertz CT molecular complexity index is 1440. The van der Waals surface area contributed by atoms with Crippen molar-refractivity contribution in [2.75, 3.05) is 6.61 Å². The molecule has 1 aliphatic rings. The summed E-state index contributed by atoms with van der Waals surface area (Å²) in [5.74, 6) is -0.162. The maximum atomic E-state index is 13.0. The zero-order valence-corrected chi connectivity index (χ0v) is 23.4. The zero-order chi connectivity index (χ0) is 25.9. The smallest absolute Gasteiger partial charge is 0.339 e. The molecule has 0 N–H and O–H groups in total. The van der Waals surface area contributed by atoms with Crippen molar-refractivity contribution < 1.29 is 26.9 Å². The first-order chi connectivity index (χ1) is 17.2. The number of halogens is 2. The third-order valence-electron chi connectivity index (χ3n) is 4.98. The Kier molecular flexibility index (Phi) is 8.28. The zero-order valence-electron chi connectivity index (χ0n) is 18.8. The highest BCUT2D eigenvalue weighted by atomic mass is 127. The van der Waals surface area contributed by atoms with Crippen molar-refractivity contribution in [3.8, 4) is 11.5 Å². The predicted molar refractivity (Wildman–Crippen MR) is 148 cm³/mol. The summed E-state index contributed by atoms with van der Waals surface area (Å²) in [5, 5.41) is 0.186. The van der Waals surface area contributed by atoms with E-state index >= 15 is 0 Å².